The van der Waals surface area contributed by atoms with Crippen LogP contribution in [0.1, 0.15) is 34.0 Å². The molecule has 0 bridgehead atoms. The number of aromatic nitrogens is 5. The summed E-state index contributed by atoms with van der Waals surface area (Å²) in [4.78, 5) is 25.7. The second-order valence-corrected chi connectivity index (χ2v) is 6.77. The number of Topliss-reactive ketones (excluding diaryl/α,β-unsaturated/α-hetero) is 1. The molecule has 28 heavy (non-hydrogen) atoms. The van der Waals surface area contributed by atoms with E-state index in [0.717, 1.165) is 22.6 Å². The molecule has 1 atom stereocenters. The minimum atomic E-state index is 0.0234. The summed E-state index contributed by atoms with van der Waals surface area (Å²) in [6.45, 7) is 0. The zero-order valence-electron chi connectivity index (χ0n) is 15.2. The van der Waals surface area contributed by atoms with Gasteiger partial charge in [-0.2, -0.15) is 9.50 Å². The number of pyridine rings is 1. The van der Waals surface area contributed by atoms with Crippen LogP contribution < -0.4 is 4.74 Å². The maximum atomic E-state index is 12.8. The second-order valence-electron chi connectivity index (χ2n) is 6.77. The molecule has 0 aliphatic heterocycles. The zero-order chi connectivity index (χ0) is 19.1. The van der Waals surface area contributed by atoms with Crippen molar-refractivity contribution in [3.05, 3.63) is 71.8 Å². The van der Waals surface area contributed by atoms with Crippen molar-refractivity contribution in [3.8, 4) is 17.1 Å². The molecule has 4 aromatic rings. The van der Waals surface area contributed by atoms with Gasteiger partial charge in [-0.25, -0.2) is 4.98 Å². The van der Waals surface area contributed by atoms with Crippen LogP contribution in [0.15, 0.2) is 55.0 Å². The predicted molar refractivity (Wildman–Crippen MR) is 102 cm³/mol. The molecular weight excluding hydrogens is 354 g/mol. The maximum absolute atomic E-state index is 12.8. The highest BCUT2D eigenvalue weighted by Crippen LogP contribution is 2.36. The first-order valence-electron chi connectivity index (χ1n) is 9.06. The third kappa shape index (κ3) is 2.63. The van der Waals surface area contributed by atoms with E-state index in [1.54, 1.807) is 30.2 Å². The third-order valence-electron chi connectivity index (χ3n) is 5.15. The van der Waals surface area contributed by atoms with Gasteiger partial charge in [-0.1, -0.05) is 18.2 Å². The molecule has 0 saturated heterocycles. The van der Waals surface area contributed by atoms with E-state index in [2.05, 4.69) is 20.1 Å². The normalized spacial score (nSPS) is 16.2. The number of ether oxygens (including phenoxy) is 1. The number of carbonyl (C=O) groups excluding carboxylic acids is 1. The van der Waals surface area contributed by atoms with Crippen molar-refractivity contribution in [3.63, 3.8) is 0 Å². The smallest absolute Gasteiger partial charge is 0.252 e. The highest BCUT2D eigenvalue weighted by atomic mass is 16.5. The lowest BCUT2D eigenvalue weighted by atomic mass is 9.82. The molecule has 0 radical (unpaired) electrons. The van der Waals surface area contributed by atoms with Crippen LogP contribution in [-0.2, 0) is 6.42 Å². The molecule has 1 aromatic carbocycles. The summed E-state index contributed by atoms with van der Waals surface area (Å²) in [6, 6.07) is 11.5. The van der Waals surface area contributed by atoms with Gasteiger partial charge in [-0.15, -0.1) is 5.10 Å². The lowest BCUT2D eigenvalue weighted by Gasteiger charge is -2.25. The molecule has 0 fully saturated rings. The first-order chi connectivity index (χ1) is 13.7. The lowest BCUT2D eigenvalue weighted by Crippen LogP contribution is -2.22. The summed E-state index contributed by atoms with van der Waals surface area (Å²) in [5.41, 5.74) is 3.34. The lowest BCUT2D eigenvalue weighted by molar-refractivity contribution is 0.0961. The Morgan fingerprint density at radius 2 is 1.93 bits per heavy atom. The van der Waals surface area contributed by atoms with Crippen molar-refractivity contribution in [2.75, 3.05) is 7.11 Å². The van der Waals surface area contributed by atoms with Crippen molar-refractivity contribution >= 4 is 11.6 Å². The minimum Gasteiger partial charge on any atom is -0.496 e. The summed E-state index contributed by atoms with van der Waals surface area (Å²) in [5.74, 6) is 1.93. The Morgan fingerprint density at radius 1 is 1.11 bits per heavy atom. The third-order valence-corrected chi connectivity index (χ3v) is 5.15. The molecule has 3 aromatic heterocycles. The van der Waals surface area contributed by atoms with E-state index in [9.17, 15) is 4.79 Å². The van der Waals surface area contributed by atoms with Crippen LogP contribution in [0.25, 0.3) is 17.2 Å². The van der Waals surface area contributed by atoms with Gasteiger partial charge in [-0.05, 0) is 30.2 Å². The molecule has 1 aliphatic carbocycles. The highest BCUT2D eigenvalue weighted by molar-refractivity contribution is 5.98. The second kappa shape index (κ2) is 6.53. The number of carbonyl (C=O) groups is 1. The standard InChI is InChI=1S/C21H17N5O2/c1-28-19-5-3-2-4-15(19)14-10-17-16(18(27)11-14)12-23-21-24-20(25-26(17)21)13-6-8-22-9-7-13/h2-9,12,14H,10-11H2,1H3. The van der Waals surface area contributed by atoms with E-state index >= 15 is 0 Å². The molecule has 1 unspecified atom stereocenters. The van der Waals surface area contributed by atoms with Gasteiger partial charge in [0.15, 0.2) is 11.6 Å². The Balaban J connectivity index is 1.62. The van der Waals surface area contributed by atoms with Crippen molar-refractivity contribution in [1.29, 1.82) is 0 Å². The number of fused-ring (bicyclic) bond motifs is 3. The first-order valence-corrected chi connectivity index (χ1v) is 9.06. The monoisotopic (exact) mass is 371 g/mol. The quantitative estimate of drug-likeness (QED) is 0.550. The summed E-state index contributed by atoms with van der Waals surface area (Å²) in [6.07, 6.45) is 6.11. The molecule has 0 amide bonds. The van der Waals surface area contributed by atoms with Crippen LogP contribution >= 0.6 is 0 Å². The molecular formula is C21H17N5O2. The molecule has 5 rings (SSSR count). The highest BCUT2D eigenvalue weighted by Gasteiger charge is 2.31. The number of rotatable bonds is 3. The van der Waals surface area contributed by atoms with Crippen LogP contribution in [-0.4, -0.2) is 37.5 Å². The summed E-state index contributed by atoms with van der Waals surface area (Å²) in [7, 11) is 1.65. The van der Waals surface area contributed by atoms with Gasteiger partial charge >= 0.3 is 0 Å². The van der Waals surface area contributed by atoms with E-state index in [1.807, 2.05) is 36.4 Å². The zero-order valence-corrected chi connectivity index (χ0v) is 15.2. The van der Waals surface area contributed by atoms with E-state index < -0.39 is 0 Å². The number of benzene rings is 1. The van der Waals surface area contributed by atoms with Gasteiger partial charge < -0.3 is 4.74 Å². The Kier molecular flexibility index (Phi) is 3.86. The van der Waals surface area contributed by atoms with Crippen molar-refractivity contribution in [2.45, 2.75) is 18.8 Å². The number of para-hydroxylation sites is 1. The van der Waals surface area contributed by atoms with Crippen molar-refractivity contribution in [2.24, 2.45) is 0 Å². The number of nitrogens with zero attached hydrogens (tertiary/aromatic N) is 5. The van der Waals surface area contributed by atoms with E-state index in [1.165, 1.54) is 0 Å². The summed E-state index contributed by atoms with van der Waals surface area (Å²) >= 11 is 0. The molecule has 0 saturated carbocycles. The van der Waals surface area contributed by atoms with Crippen LogP contribution in [0.5, 0.6) is 5.75 Å². The maximum Gasteiger partial charge on any atom is 0.252 e. The molecule has 0 spiro atoms. The Bertz CT molecular complexity index is 1190. The average molecular weight is 371 g/mol. The van der Waals surface area contributed by atoms with E-state index in [4.69, 9.17) is 4.74 Å². The van der Waals surface area contributed by atoms with E-state index in [0.29, 0.717) is 30.0 Å². The molecule has 138 valence electrons. The fourth-order valence-corrected chi connectivity index (χ4v) is 3.79. The van der Waals surface area contributed by atoms with Crippen LogP contribution in [0.3, 0.4) is 0 Å². The molecule has 0 N–H and O–H groups in total. The van der Waals surface area contributed by atoms with Gasteiger partial charge in [0, 0.05) is 36.5 Å². The van der Waals surface area contributed by atoms with Gasteiger partial charge in [-0.3, -0.25) is 9.78 Å². The summed E-state index contributed by atoms with van der Waals surface area (Å²) in [5, 5.41) is 4.63. The van der Waals surface area contributed by atoms with Crippen molar-refractivity contribution in [1.82, 2.24) is 24.6 Å². The van der Waals surface area contributed by atoms with Crippen LogP contribution in [0.4, 0.5) is 0 Å². The van der Waals surface area contributed by atoms with Gasteiger partial charge in [0.25, 0.3) is 5.78 Å². The number of ketones is 1. The predicted octanol–water partition coefficient (Wildman–Crippen LogP) is 3.11. The van der Waals surface area contributed by atoms with E-state index in [-0.39, 0.29) is 11.7 Å². The van der Waals surface area contributed by atoms with Gasteiger partial charge in [0.05, 0.1) is 18.4 Å². The van der Waals surface area contributed by atoms with Gasteiger partial charge in [0.2, 0.25) is 0 Å². The molecule has 7 nitrogen and oxygen atoms in total. The SMILES string of the molecule is COc1ccccc1C1CC(=O)c2cnc3nc(-c4ccncc4)nn3c2C1. The topological polar surface area (TPSA) is 82.3 Å². The Hall–Kier alpha value is -3.61. The molecule has 1 aliphatic rings. The first kappa shape index (κ1) is 16.6. The molecule has 7 heteroatoms. The van der Waals surface area contributed by atoms with Crippen LogP contribution in [0.2, 0.25) is 0 Å². The summed E-state index contributed by atoms with van der Waals surface area (Å²) < 4.78 is 7.21. The van der Waals surface area contributed by atoms with Crippen LogP contribution in [0, 0.1) is 0 Å². The van der Waals surface area contributed by atoms with Crippen molar-refractivity contribution < 1.29 is 9.53 Å². The largest absolute Gasteiger partial charge is 0.496 e. The van der Waals surface area contributed by atoms with Gasteiger partial charge in [0.1, 0.15) is 5.75 Å². The molecule has 3 heterocycles. The number of hydrogen-bond donors (Lipinski definition) is 0. The Labute approximate surface area is 161 Å². The fourth-order valence-electron chi connectivity index (χ4n) is 3.79. The number of methoxy groups -OCH3 is 1. The average Bonchev–Trinajstić information content (AvgIpc) is 3.19. The number of hydrogen-bond acceptors (Lipinski definition) is 6. The fraction of sp³-hybridized carbons (Fsp3) is 0.190. The Morgan fingerprint density at radius 3 is 2.75 bits per heavy atom. The minimum absolute atomic E-state index is 0.0234.